The zero-order valence-corrected chi connectivity index (χ0v) is 14.3. The molecule has 0 spiro atoms. The van der Waals surface area contributed by atoms with Gasteiger partial charge in [0.05, 0.1) is 6.20 Å². The summed E-state index contributed by atoms with van der Waals surface area (Å²) in [7, 11) is 1.83. The number of hydrogen-bond acceptors (Lipinski definition) is 5. The highest BCUT2D eigenvalue weighted by molar-refractivity contribution is 6.07. The fourth-order valence-corrected chi connectivity index (χ4v) is 4.17. The van der Waals surface area contributed by atoms with E-state index in [0.29, 0.717) is 12.0 Å². The van der Waals surface area contributed by atoms with E-state index in [1.807, 2.05) is 13.2 Å². The molecule has 0 unspecified atom stereocenters. The van der Waals surface area contributed by atoms with Crippen molar-refractivity contribution in [2.45, 2.75) is 51.1 Å². The van der Waals surface area contributed by atoms with Crippen molar-refractivity contribution in [1.82, 2.24) is 19.5 Å². The minimum atomic E-state index is -0.469. The Labute approximate surface area is 141 Å². The van der Waals surface area contributed by atoms with Crippen LogP contribution >= 0.6 is 0 Å². The summed E-state index contributed by atoms with van der Waals surface area (Å²) in [5, 5.41) is 0. The fraction of sp³-hybridized carbons (Fsp3) is 0.529. The zero-order chi connectivity index (χ0) is 16.9. The first kappa shape index (κ1) is 15.1. The van der Waals surface area contributed by atoms with Gasteiger partial charge in [0.25, 0.3) is 5.91 Å². The number of anilines is 2. The average molecular weight is 326 g/mol. The molecule has 7 heteroatoms. The van der Waals surface area contributed by atoms with Gasteiger partial charge in [-0.25, -0.2) is 9.97 Å². The SMILES string of the molecule is CC[C@@H]1CC[C@@]2(CC)C(=O)N(C)c3cnc(-n4ccnc4)nc3N12. The van der Waals surface area contributed by atoms with Gasteiger partial charge in [-0.1, -0.05) is 13.8 Å². The predicted octanol–water partition coefficient (Wildman–Crippen LogP) is 2.17. The molecule has 126 valence electrons. The van der Waals surface area contributed by atoms with Crippen molar-refractivity contribution in [3.8, 4) is 5.95 Å². The highest BCUT2D eigenvalue weighted by Gasteiger charge is 2.55. The van der Waals surface area contributed by atoms with E-state index in [2.05, 4.69) is 28.7 Å². The van der Waals surface area contributed by atoms with Gasteiger partial charge in [0.15, 0.2) is 5.82 Å². The Hall–Kier alpha value is -2.44. The van der Waals surface area contributed by atoms with E-state index < -0.39 is 5.54 Å². The van der Waals surface area contributed by atoms with Crippen molar-refractivity contribution in [1.29, 1.82) is 0 Å². The van der Waals surface area contributed by atoms with Crippen LogP contribution in [0.5, 0.6) is 0 Å². The number of carbonyl (C=O) groups excluding carboxylic acids is 1. The molecule has 0 N–H and O–H groups in total. The molecule has 24 heavy (non-hydrogen) atoms. The highest BCUT2D eigenvalue weighted by atomic mass is 16.2. The van der Waals surface area contributed by atoms with E-state index in [0.717, 1.165) is 37.2 Å². The Kier molecular flexibility index (Phi) is 3.33. The molecule has 0 aliphatic carbocycles. The van der Waals surface area contributed by atoms with Gasteiger partial charge in [0.1, 0.15) is 17.6 Å². The Bertz CT molecular complexity index is 773. The van der Waals surface area contributed by atoms with Crippen molar-refractivity contribution >= 4 is 17.4 Å². The number of rotatable bonds is 3. The topological polar surface area (TPSA) is 67.2 Å². The van der Waals surface area contributed by atoms with E-state index in [9.17, 15) is 4.79 Å². The second-order valence-corrected chi connectivity index (χ2v) is 6.57. The molecule has 2 aromatic rings. The maximum atomic E-state index is 13.1. The van der Waals surface area contributed by atoms with Crippen LogP contribution in [-0.2, 0) is 4.79 Å². The standard InChI is InChI=1S/C17H22N6O/c1-4-12-6-7-17(5-2)15(24)21(3)13-10-19-16(20-14(13)23(12)17)22-9-8-18-11-22/h8-12H,4-7H2,1-3H3/t12-,17+/m1/s1. The number of carbonyl (C=O) groups is 1. The first-order valence-corrected chi connectivity index (χ1v) is 8.55. The summed E-state index contributed by atoms with van der Waals surface area (Å²) in [6.45, 7) is 4.27. The van der Waals surface area contributed by atoms with Crippen LogP contribution in [0.1, 0.15) is 39.5 Å². The van der Waals surface area contributed by atoms with Gasteiger partial charge in [-0.3, -0.25) is 9.36 Å². The van der Waals surface area contributed by atoms with E-state index >= 15 is 0 Å². The van der Waals surface area contributed by atoms with Crippen LogP contribution in [0.25, 0.3) is 5.95 Å². The fourth-order valence-electron chi connectivity index (χ4n) is 4.17. The molecule has 1 saturated heterocycles. The molecule has 4 heterocycles. The largest absolute Gasteiger partial charge is 0.337 e. The molecule has 1 amide bonds. The smallest absolute Gasteiger partial charge is 0.252 e. The van der Waals surface area contributed by atoms with Crippen LogP contribution in [-0.4, -0.2) is 44.1 Å². The van der Waals surface area contributed by atoms with Crippen LogP contribution in [0.2, 0.25) is 0 Å². The van der Waals surface area contributed by atoms with E-state index in [-0.39, 0.29) is 5.91 Å². The third kappa shape index (κ3) is 1.84. The third-order valence-corrected chi connectivity index (χ3v) is 5.54. The summed E-state index contributed by atoms with van der Waals surface area (Å²) < 4.78 is 1.79. The van der Waals surface area contributed by atoms with Crippen molar-refractivity contribution in [3.63, 3.8) is 0 Å². The summed E-state index contributed by atoms with van der Waals surface area (Å²) in [4.78, 5) is 30.4. The molecule has 0 bridgehead atoms. The molecule has 1 fully saturated rings. The van der Waals surface area contributed by atoms with Gasteiger partial charge < -0.3 is 9.80 Å². The van der Waals surface area contributed by atoms with Gasteiger partial charge in [0.2, 0.25) is 5.95 Å². The predicted molar refractivity (Wildman–Crippen MR) is 91.4 cm³/mol. The quantitative estimate of drug-likeness (QED) is 0.865. The number of hydrogen-bond donors (Lipinski definition) is 0. The number of aromatic nitrogens is 4. The molecule has 7 nitrogen and oxygen atoms in total. The minimum Gasteiger partial charge on any atom is -0.337 e. The van der Waals surface area contributed by atoms with Gasteiger partial charge in [-0.2, -0.15) is 4.98 Å². The van der Waals surface area contributed by atoms with Crippen molar-refractivity contribution < 1.29 is 4.79 Å². The molecule has 2 aromatic heterocycles. The second-order valence-electron chi connectivity index (χ2n) is 6.57. The summed E-state index contributed by atoms with van der Waals surface area (Å²) >= 11 is 0. The van der Waals surface area contributed by atoms with E-state index in [1.54, 1.807) is 28.2 Å². The van der Waals surface area contributed by atoms with Gasteiger partial charge in [0, 0.05) is 25.5 Å². The number of likely N-dealkylation sites (N-methyl/N-ethyl adjacent to an activating group) is 1. The first-order valence-electron chi connectivity index (χ1n) is 8.55. The lowest BCUT2D eigenvalue weighted by atomic mass is 9.89. The summed E-state index contributed by atoms with van der Waals surface area (Å²) in [5.41, 5.74) is 0.316. The molecule has 0 radical (unpaired) electrons. The van der Waals surface area contributed by atoms with Gasteiger partial charge in [-0.05, 0) is 25.7 Å². The molecular weight excluding hydrogens is 304 g/mol. The molecule has 2 atom stereocenters. The molecule has 0 aromatic carbocycles. The Morgan fingerprint density at radius 3 is 2.88 bits per heavy atom. The van der Waals surface area contributed by atoms with Crippen LogP contribution in [0.4, 0.5) is 11.5 Å². The number of imidazole rings is 1. The zero-order valence-electron chi connectivity index (χ0n) is 14.3. The van der Waals surface area contributed by atoms with Gasteiger partial charge >= 0.3 is 0 Å². The molecule has 4 rings (SSSR count). The molecule has 0 saturated carbocycles. The number of fused-ring (bicyclic) bond motifs is 3. The maximum absolute atomic E-state index is 13.1. The van der Waals surface area contributed by atoms with Crippen molar-refractivity contribution in [2.24, 2.45) is 0 Å². The van der Waals surface area contributed by atoms with Crippen LogP contribution in [0.3, 0.4) is 0 Å². The van der Waals surface area contributed by atoms with Crippen molar-refractivity contribution in [3.05, 3.63) is 24.9 Å². The van der Waals surface area contributed by atoms with Gasteiger partial charge in [-0.15, -0.1) is 0 Å². The summed E-state index contributed by atoms with van der Waals surface area (Å²) in [6, 6.07) is 0.340. The average Bonchev–Trinajstić information content (AvgIpc) is 3.27. The van der Waals surface area contributed by atoms with Crippen LogP contribution in [0, 0.1) is 0 Å². The Morgan fingerprint density at radius 1 is 1.38 bits per heavy atom. The minimum absolute atomic E-state index is 0.160. The second kappa shape index (κ2) is 5.29. The van der Waals surface area contributed by atoms with E-state index in [1.165, 1.54) is 0 Å². The molecule has 2 aliphatic rings. The lowest BCUT2D eigenvalue weighted by molar-refractivity contribution is -0.123. The summed E-state index contributed by atoms with van der Waals surface area (Å²) in [5.74, 6) is 1.61. The number of nitrogens with zero attached hydrogens (tertiary/aromatic N) is 6. The lowest BCUT2D eigenvalue weighted by Crippen LogP contribution is -2.61. The van der Waals surface area contributed by atoms with E-state index in [4.69, 9.17) is 4.98 Å². The van der Waals surface area contributed by atoms with Crippen molar-refractivity contribution in [2.75, 3.05) is 16.8 Å². The molecular formula is C17H22N6O. The maximum Gasteiger partial charge on any atom is 0.252 e. The molecule has 2 aliphatic heterocycles. The Morgan fingerprint density at radius 2 is 2.21 bits per heavy atom. The number of amides is 1. The Balaban J connectivity index is 1.92. The van der Waals surface area contributed by atoms with Crippen LogP contribution in [0.15, 0.2) is 24.9 Å². The lowest BCUT2D eigenvalue weighted by Gasteiger charge is -2.47. The monoisotopic (exact) mass is 326 g/mol. The highest BCUT2D eigenvalue weighted by Crippen LogP contribution is 2.48. The summed E-state index contributed by atoms with van der Waals surface area (Å²) in [6.07, 6.45) is 10.7. The first-order chi connectivity index (χ1) is 11.6. The van der Waals surface area contributed by atoms with Crippen LogP contribution < -0.4 is 9.80 Å². The third-order valence-electron chi connectivity index (χ3n) is 5.54. The normalized spacial score (nSPS) is 25.8.